The number of benzene rings is 2. The predicted molar refractivity (Wildman–Crippen MR) is 75.8 cm³/mol. The first kappa shape index (κ1) is 16.6. The number of hydrogen-bond donors (Lipinski definition) is 2. The lowest BCUT2D eigenvalue weighted by molar-refractivity contribution is -0.422. The summed E-state index contributed by atoms with van der Waals surface area (Å²) in [5.41, 5.74) is -0.155. The van der Waals surface area contributed by atoms with Gasteiger partial charge in [0.25, 0.3) is 0 Å². The first-order chi connectivity index (χ1) is 10.3. The Kier molecular flexibility index (Phi) is 5.52. The van der Waals surface area contributed by atoms with Gasteiger partial charge in [0, 0.05) is 6.07 Å². The van der Waals surface area contributed by atoms with Crippen molar-refractivity contribution >= 4 is 17.5 Å². The molecule has 0 aliphatic carbocycles. The molecule has 0 fully saturated rings. The van der Waals surface area contributed by atoms with Gasteiger partial charge < -0.3 is 10.2 Å². The second-order valence-corrected chi connectivity index (χ2v) is 3.84. The molecule has 2 N–H and O–H groups in total. The van der Waals surface area contributed by atoms with Gasteiger partial charge in [0.2, 0.25) is 0 Å². The maximum absolute atomic E-state index is 11.0. The van der Waals surface area contributed by atoms with Crippen molar-refractivity contribution < 1.29 is 24.9 Å². The summed E-state index contributed by atoms with van der Waals surface area (Å²) >= 11 is 0. The Morgan fingerprint density at radius 2 is 1.41 bits per heavy atom. The SMILES string of the molecule is O=C(O)O.O=[N+]([O-])c1cccc(-c2ccccc2)c1[N+](=O)[O-]. The molecule has 0 bridgehead atoms. The van der Waals surface area contributed by atoms with Crippen molar-refractivity contribution in [3.63, 3.8) is 0 Å². The van der Waals surface area contributed by atoms with E-state index in [1.165, 1.54) is 12.1 Å². The highest BCUT2D eigenvalue weighted by Gasteiger charge is 2.28. The quantitative estimate of drug-likeness (QED) is 0.653. The van der Waals surface area contributed by atoms with Gasteiger partial charge >= 0.3 is 17.5 Å². The molecule has 114 valence electrons. The number of nitrogens with zero attached hydrogens (tertiary/aromatic N) is 2. The summed E-state index contributed by atoms with van der Waals surface area (Å²) < 4.78 is 0. The Morgan fingerprint density at radius 3 is 1.86 bits per heavy atom. The number of hydrogen-bond acceptors (Lipinski definition) is 5. The monoisotopic (exact) mass is 306 g/mol. The molecule has 2 rings (SSSR count). The van der Waals surface area contributed by atoms with Crippen molar-refractivity contribution in [3.05, 3.63) is 68.8 Å². The molecule has 0 saturated carbocycles. The van der Waals surface area contributed by atoms with E-state index in [2.05, 4.69) is 0 Å². The van der Waals surface area contributed by atoms with Crippen LogP contribution in [0.25, 0.3) is 11.1 Å². The molecule has 0 radical (unpaired) electrons. The van der Waals surface area contributed by atoms with Crippen molar-refractivity contribution in [1.29, 1.82) is 0 Å². The van der Waals surface area contributed by atoms with Crippen LogP contribution in [0.2, 0.25) is 0 Å². The molecule has 22 heavy (non-hydrogen) atoms. The van der Waals surface area contributed by atoms with Gasteiger partial charge in [-0.2, -0.15) is 0 Å². The topological polar surface area (TPSA) is 144 Å². The summed E-state index contributed by atoms with van der Waals surface area (Å²) in [7, 11) is 0. The highest BCUT2D eigenvalue weighted by Crippen LogP contribution is 2.36. The third-order valence-corrected chi connectivity index (χ3v) is 2.48. The van der Waals surface area contributed by atoms with Gasteiger partial charge in [0.1, 0.15) is 0 Å². The maximum Gasteiger partial charge on any atom is 0.503 e. The minimum Gasteiger partial charge on any atom is -0.450 e. The molecule has 0 unspecified atom stereocenters. The van der Waals surface area contributed by atoms with E-state index in [9.17, 15) is 20.2 Å². The van der Waals surface area contributed by atoms with Crippen LogP contribution < -0.4 is 0 Å². The third kappa shape index (κ3) is 4.27. The van der Waals surface area contributed by atoms with E-state index < -0.39 is 27.4 Å². The van der Waals surface area contributed by atoms with Crippen molar-refractivity contribution in [2.75, 3.05) is 0 Å². The highest BCUT2D eigenvalue weighted by atomic mass is 16.6. The fourth-order valence-electron chi connectivity index (χ4n) is 1.72. The van der Waals surface area contributed by atoms with Crippen molar-refractivity contribution in [2.24, 2.45) is 0 Å². The van der Waals surface area contributed by atoms with Gasteiger partial charge in [-0.05, 0) is 11.6 Å². The standard InChI is InChI=1S/C12H8N2O4.CH2O3/c15-13(16)11-8-4-7-10(12(11)14(17)18)9-5-2-1-3-6-9;2-1(3)4/h1-8H;(H2,2,3,4). The molecule has 0 heterocycles. The number of nitro benzene ring substituents is 2. The summed E-state index contributed by atoms with van der Waals surface area (Å²) in [5, 5.41) is 35.8. The van der Waals surface area contributed by atoms with Crippen LogP contribution >= 0.6 is 0 Å². The first-order valence-corrected chi connectivity index (χ1v) is 5.73. The average Bonchev–Trinajstić information content (AvgIpc) is 2.46. The van der Waals surface area contributed by atoms with Crippen molar-refractivity contribution in [3.8, 4) is 11.1 Å². The Balaban J connectivity index is 0.000000541. The zero-order chi connectivity index (χ0) is 16.7. The van der Waals surface area contributed by atoms with Gasteiger partial charge in [0.05, 0.1) is 15.4 Å². The average molecular weight is 306 g/mol. The molecule has 0 aliphatic heterocycles. The largest absolute Gasteiger partial charge is 0.503 e. The fourth-order valence-corrected chi connectivity index (χ4v) is 1.72. The Hall–Kier alpha value is -3.49. The Bertz CT molecular complexity index is 697. The van der Waals surface area contributed by atoms with E-state index in [1.54, 1.807) is 30.3 Å². The highest BCUT2D eigenvalue weighted by molar-refractivity contribution is 5.79. The van der Waals surface area contributed by atoms with E-state index in [4.69, 9.17) is 15.0 Å². The molecule has 9 heteroatoms. The number of carbonyl (C=O) groups is 1. The van der Waals surface area contributed by atoms with Crippen LogP contribution in [-0.2, 0) is 0 Å². The zero-order valence-corrected chi connectivity index (χ0v) is 10.9. The lowest BCUT2D eigenvalue weighted by Gasteiger charge is -2.03. The molecule has 0 aliphatic rings. The van der Waals surface area contributed by atoms with E-state index >= 15 is 0 Å². The van der Waals surface area contributed by atoms with Crippen LogP contribution in [0.1, 0.15) is 0 Å². The zero-order valence-electron chi connectivity index (χ0n) is 10.9. The molecule has 9 nitrogen and oxygen atoms in total. The second kappa shape index (κ2) is 7.33. The molecule has 0 amide bonds. The molecule has 0 atom stereocenters. The lowest BCUT2D eigenvalue weighted by Crippen LogP contribution is -1.98. The van der Waals surface area contributed by atoms with E-state index in [-0.39, 0.29) is 5.56 Å². The van der Waals surface area contributed by atoms with Gasteiger partial charge in [-0.15, -0.1) is 0 Å². The van der Waals surface area contributed by atoms with Crippen molar-refractivity contribution in [2.45, 2.75) is 0 Å². The van der Waals surface area contributed by atoms with E-state index in [1.807, 2.05) is 0 Å². The second-order valence-electron chi connectivity index (χ2n) is 3.84. The van der Waals surface area contributed by atoms with Crippen LogP contribution in [-0.4, -0.2) is 26.2 Å². The Morgan fingerprint density at radius 1 is 0.864 bits per heavy atom. The molecular weight excluding hydrogens is 296 g/mol. The number of nitro groups is 2. The minimum atomic E-state index is -1.83. The van der Waals surface area contributed by atoms with Gasteiger partial charge in [-0.3, -0.25) is 20.2 Å². The first-order valence-electron chi connectivity index (χ1n) is 5.73. The molecule has 0 spiro atoms. The minimum absolute atomic E-state index is 0.245. The van der Waals surface area contributed by atoms with E-state index in [0.29, 0.717) is 5.56 Å². The van der Waals surface area contributed by atoms with Gasteiger partial charge in [-0.25, -0.2) is 4.79 Å². The third-order valence-electron chi connectivity index (χ3n) is 2.48. The summed E-state index contributed by atoms with van der Waals surface area (Å²) in [6.07, 6.45) is -1.83. The predicted octanol–water partition coefficient (Wildman–Crippen LogP) is 3.39. The summed E-state index contributed by atoms with van der Waals surface area (Å²) in [6.45, 7) is 0. The van der Waals surface area contributed by atoms with Crippen LogP contribution in [0.15, 0.2) is 48.5 Å². The Labute approximate surface area is 123 Å². The van der Waals surface area contributed by atoms with Crippen LogP contribution in [0.5, 0.6) is 0 Å². The molecular formula is C13H10N2O7. The summed E-state index contributed by atoms with van der Waals surface area (Å²) in [4.78, 5) is 28.9. The molecule has 2 aromatic rings. The normalized spacial score (nSPS) is 9.27. The van der Waals surface area contributed by atoms with Gasteiger partial charge in [0.15, 0.2) is 0 Å². The number of carboxylic acid groups (broad SMARTS) is 2. The lowest BCUT2D eigenvalue weighted by atomic mass is 10.0. The number of para-hydroxylation sites is 1. The smallest absolute Gasteiger partial charge is 0.450 e. The molecule has 0 saturated heterocycles. The summed E-state index contributed by atoms with van der Waals surface area (Å²) in [5.74, 6) is 0. The van der Waals surface area contributed by atoms with Crippen LogP contribution in [0.4, 0.5) is 16.2 Å². The van der Waals surface area contributed by atoms with E-state index in [0.717, 1.165) is 6.07 Å². The fraction of sp³-hybridized carbons (Fsp3) is 0. The molecule has 0 aromatic heterocycles. The van der Waals surface area contributed by atoms with Crippen LogP contribution in [0, 0.1) is 20.2 Å². The summed E-state index contributed by atoms with van der Waals surface area (Å²) in [6, 6.07) is 12.6. The van der Waals surface area contributed by atoms with Crippen LogP contribution in [0.3, 0.4) is 0 Å². The molecule has 2 aromatic carbocycles. The van der Waals surface area contributed by atoms with Gasteiger partial charge in [-0.1, -0.05) is 36.4 Å². The number of rotatable bonds is 3. The van der Waals surface area contributed by atoms with Crippen molar-refractivity contribution in [1.82, 2.24) is 0 Å². The maximum atomic E-state index is 11.0.